The van der Waals surface area contributed by atoms with E-state index in [9.17, 15) is 9.59 Å². The summed E-state index contributed by atoms with van der Waals surface area (Å²) in [5.74, 6) is 0.235. The number of hydrogen-bond acceptors (Lipinski definition) is 3. The van der Waals surface area contributed by atoms with E-state index in [1.54, 1.807) is 0 Å². The van der Waals surface area contributed by atoms with Crippen LogP contribution in [-0.4, -0.2) is 36.3 Å². The first kappa shape index (κ1) is 14.5. The van der Waals surface area contributed by atoms with Crippen LogP contribution in [0, 0.1) is 5.92 Å². The van der Waals surface area contributed by atoms with E-state index in [2.05, 4.69) is 21.2 Å². The van der Waals surface area contributed by atoms with Gasteiger partial charge in [0, 0.05) is 30.0 Å². The maximum absolute atomic E-state index is 12.3. The van der Waals surface area contributed by atoms with Gasteiger partial charge in [0.05, 0.1) is 0 Å². The van der Waals surface area contributed by atoms with Crippen molar-refractivity contribution >= 4 is 39.1 Å². The number of thiophene rings is 1. The van der Waals surface area contributed by atoms with Gasteiger partial charge in [-0.3, -0.25) is 9.59 Å². The molecule has 0 bridgehead atoms. The topological polar surface area (TPSA) is 49.4 Å². The van der Waals surface area contributed by atoms with Crippen molar-refractivity contribution in [2.24, 2.45) is 5.92 Å². The van der Waals surface area contributed by atoms with Gasteiger partial charge in [0.1, 0.15) is 4.88 Å². The summed E-state index contributed by atoms with van der Waals surface area (Å²) in [6.07, 6.45) is 1.50. The third-order valence-corrected chi connectivity index (χ3v) is 5.14. The van der Waals surface area contributed by atoms with E-state index >= 15 is 0 Å². The number of halogens is 1. The second kappa shape index (κ2) is 6.52. The molecule has 4 nitrogen and oxygen atoms in total. The number of hydrogen-bond donors (Lipinski definition) is 1. The quantitative estimate of drug-likeness (QED) is 0.915. The van der Waals surface area contributed by atoms with E-state index in [1.165, 1.54) is 11.3 Å². The highest BCUT2D eigenvalue weighted by Crippen LogP contribution is 2.26. The fourth-order valence-corrected chi connectivity index (χ4v) is 3.76. The summed E-state index contributed by atoms with van der Waals surface area (Å²) in [5.41, 5.74) is 0. The van der Waals surface area contributed by atoms with Crippen molar-refractivity contribution < 1.29 is 9.59 Å². The molecule has 1 aromatic heterocycles. The van der Waals surface area contributed by atoms with Crippen molar-refractivity contribution in [3.05, 3.63) is 20.8 Å². The molecule has 2 amide bonds. The second-order valence-electron chi connectivity index (χ2n) is 4.56. The van der Waals surface area contributed by atoms with E-state index in [4.69, 9.17) is 0 Å². The molecular weight excluding hydrogens is 328 g/mol. The lowest BCUT2D eigenvalue weighted by atomic mass is 9.96. The van der Waals surface area contributed by atoms with E-state index < -0.39 is 0 Å². The molecule has 19 heavy (non-hydrogen) atoms. The Labute approximate surface area is 125 Å². The Kier molecular flexibility index (Phi) is 4.99. The molecule has 0 aliphatic carbocycles. The number of amides is 2. The van der Waals surface area contributed by atoms with Gasteiger partial charge in [-0.2, -0.15) is 0 Å². The van der Waals surface area contributed by atoms with Crippen LogP contribution in [0.15, 0.2) is 15.9 Å². The zero-order valence-electron chi connectivity index (χ0n) is 10.8. The lowest BCUT2D eigenvalue weighted by Crippen LogP contribution is -2.42. The van der Waals surface area contributed by atoms with Crippen LogP contribution in [0.2, 0.25) is 0 Å². The first-order valence-corrected chi connectivity index (χ1v) is 8.10. The van der Waals surface area contributed by atoms with Crippen LogP contribution in [0.5, 0.6) is 0 Å². The molecule has 1 saturated heterocycles. The van der Waals surface area contributed by atoms with Gasteiger partial charge in [-0.1, -0.05) is 0 Å². The molecular formula is C13H17BrN2O2S. The fourth-order valence-electron chi connectivity index (χ4n) is 2.25. The normalized spacial score (nSPS) is 16.4. The number of nitrogens with zero attached hydrogens (tertiary/aromatic N) is 1. The van der Waals surface area contributed by atoms with E-state index in [1.807, 2.05) is 23.3 Å². The monoisotopic (exact) mass is 344 g/mol. The third-order valence-electron chi connectivity index (χ3n) is 3.32. The highest BCUT2D eigenvalue weighted by atomic mass is 79.9. The SMILES string of the molecule is CCNC(=O)C1CCN(C(=O)c2sccc2Br)CC1. The highest BCUT2D eigenvalue weighted by Gasteiger charge is 2.28. The van der Waals surface area contributed by atoms with Crippen LogP contribution in [0.3, 0.4) is 0 Å². The Morgan fingerprint density at radius 2 is 2.16 bits per heavy atom. The molecule has 2 rings (SSSR count). The Balaban J connectivity index is 1.92. The molecule has 0 radical (unpaired) electrons. The molecule has 1 aliphatic rings. The average molecular weight is 345 g/mol. The lowest BCUT2D eigenvalue weighted by Gasteiger charge is -2.31. The minimum absolute atomic E-state index is 0.0516. The van der Waals surface area contributed by atoms with Crippen molar-refractivity contribution in [1.29, 1.82) is 0 Å². The minimum Gasteiger partial charge on any atom is -0.356 e. The number of carbonyl (C=O) groups excluding carboxylic acids is 2. The summed E-state index contributed by atoms with van der Waals surface area (Å²) in [7, 11) is 0. The molecule has 1 aliphatic heterocycles. The standard InChI is InChI=1S/C13H17BrN2O2S/c1-2-15-12(17)9-3-6-16(7-4-9)13(18)11-10(14)5-8-19-11/h5,8-9H,2-4,6-7H2,1H3,(H,15,17). The summed E-state index contributed by atoms with van der Waals surface area (Å²) in [5, 5.41) is 4.75. The van der Waals surface area contributed by atoms with Crippen LogP contribution in [0.4, 0.5) is 0 Å². The van der Waals surface area contributed by atoms with Crippen LogP contribution in [-0.2, 0) is 4.79 Å². The van der Waals surface area contributed by atoms with E-state index in [0.717, 1.165) is 22.2 Å². The fraction of sp³-hybridized carbons (Fsp3) is 0.538. The Hall–Kier alpha value is -0.880. The number of likely N-dealkylation sites (tertiary alicyclic amines) is 1. The zero-order chi connectivity index (χ0) is 13.8. The molecule has 0 unspecified atom stereocenters. The van der Waals surface area contributed by atoms with Gasteiger partial charge < -0.3 is 10.2 Å². The maximum Gasteiger partial charge on any atom is 0.265 e. The zero-order valence-corrected chi connectivity index (χ0v) is 13.2. The van der Waals surface area contributed by atoms with Gasteiger partial charge in [-0.05, 0) is 47.1 Å². The minimum atomic E-state index is 0.0516. The van der Waals surface area contributed by atoms with Crippen molar-refractivity contribution in [2.75, 3.05) is 19.6 Å². The van der Waals surface area contributed by atoms with E-state index in [-0.39, 0.29) is 17.7 Å². The summed E-state index contributed by atoms with van der Waals surface area (Å²) in [6, 6.07) is 1.89. The van der Waals surface area contributed by atoms with Gasteiger partial charge in [-0.15, -0.1) is 11.3 Å². The van der Waals surface area contributed by atoms with Gasteiger partial charge in [-0.25, -0.2) is 0 Å². The van der Waals surface area contributed by atoms with Crippen molar-refractivity contribution in [2.45, 2.75) is 19.8 Å². The summed E-state index contributed by atoms with van der Waals surface area (Å²) >= 11 is 4.84. The third kappa shape index (κ3) is 3.36. The summed E-state index contributed by atoms with van der Waals surface area (Å²) < 4.78 is 0.855. The second-order valence-corrected chi connectivity index (χ2v) is 6.33. The lowest BCUT2D eigenvalue weighted by molar-refractivity contribution is -0.126. The average Bonchev–Trinajstić information content (AvgIpc) is 2.84. The van der Waals surface area contributed by atoms with Gasteiger partial charge >= 0.3 is 0 Å². The molecule has 0 spiro atoms. The van der Waals surface area contributed by atoms with Crippen LogP contribution < -0.4 is 5.32 Å². The number of nitrogens with one attached hydrogen (secondary N) is 1. The first-order valence-electron chi connectivity index (χ1n) is 6.43. The number of piperidine rings is 1. The number of carbonyl (C=O) groups is 2. The van der Waals surface area contributed by atoms with Crippen molar-refractivity contribution in [1.82, 2.24) is 10.2 Å². The van der Waals surface area contributed by atoms with Crippen molar-refractivity contribution in [3.63, 3.8) is 0 Å². The first-order chi connectivity index (χ1) is 9.13. The molecule has 104 valence electrons. The Morgan fingerprint density at radius 1 is 1.47 bits per heavy atom. The molecule has 6 heteroatoms. The Bertz CT molecular complexity index is 467. The van der Waals surface area contributed by atoms with E-state index in [0.29, 0.717) is 19.6 Å². The predicted molar refractivity (Wildman–Crippen MR) is 79.3 cm³/mol. The molecule has 0 atom stereocenters. The van der Waals surface area contributed by atoms with Crippen LogP contribution in [0.25, 0.3) is 0 Å². The smallest absolute Gasteiger partial charge is 0.265 e. The summed E-state index contributed by atoms with van der Waals surface area (Å²) in [4.78, 5) is 26.6. The molecule has 1 N–H and O–H groups in total. The molecule has 0 saturated carbocycles. The molecule has 1 aromatic rings. The largest absolute Gasteiger partial charge is 0.356 e. The van der Waals surface area contributed by atoms with Gasteiger partial charge in [0.25, 0.3) is 5.91 Å². The summed E-state index contributed by atoms with van der Waals surface area (Å²) in [6.45, 7) is 3.90. The van der Waals surface area contributed by atoms with Gasteiger partial charge in [0.15, 0.2) is 0 Å². The van der Waals surface area contributed by atoms with Crippen LogP contribution in [0.1, 0.15) is 29.4 Å². The van der Waals surface area contributed by atoms with Gasteiger partial charge in [0.2, 0.25) is 5.91 Å². The molecule has 0 aromatic carbocycles. The molecule has 2 heterocycles. The Morgan fingerprint density at radius 3 is 2.68 bits per heavy atom. The predicted octanol–water partition coefficient (Wildman–Crippen LogP) is 2.50. The number of rotatable bonds is 3. The van der Waals surface area contributed by atoms with Crippen LogP contribution >= 0.6 is 27.3 Å². The van der Waals surface area contributed by atoms with Crippen molar-refractivity contribution in [3.8, 4) is 0 Å². The highest BCUT2D eigenvalue weighted by molar-refractivity contribution is 9.10. The molecule has 1 fully saturated rings. The maximum atomic E-state index is 12.3.